The second kappa shape index (κ2) is 7.35. The molecule has 2 aliphatic heterocycles. The number of anilines is 2. The van der Waals surface area contributed by atoms with E-state index in [9.17, 15) is 13.7 Å². The summed E-state index contributed by atoms with van der Waals surface area (Å²) >= 11 is 1.11. The Hall–Kier alpha value is -2.15. The van der Waals surface area contributed by atoms with E-state index >= 15 is 0 Å². The number of thiazole rings is 1. The molecule has 2 fully saturated rings. The number of nitrogens with one attached hydrogen (secondary N) is 1. The summed E-state index contributed by atoms with van der Waals surface area (Å²) in [4.78, 5) is 6.61. The largest absolute Gasteiger partial charge is 0.383 e. The van der Waals surface area contributed by atoms with Crippen LogP contribution in [0, 0.1) is 17.4 Å². The molecule has 4 rings (SSSR count). The van der Waals surface area contributed by atoms with Crippen LogP contribution in [-0.2, 0) is 10.0 Å². The first-order chi connectivity index (χ1) is 13.4. The van der Waals surface area contributed by atoms with Crippen molar-refractivity contribution in [1.29, 1.82) is 5.26 Å². The molecule has 0 radical (unpaired) electrons. The Morgan fingerprint density at radius 3 is 2.89 bits per heavy atom. The lowest BCUT2D eigenvalue weighted by Gasteiger charge is -2.32. The molecule has 1 aromatic heterocycles. The molecule has 2 aromatic rings. The minimum Gasteiger partial charge on any atom is -0.383 e. The minimum absolute atomic E-state index is 0.0740. The number of benzene rings is 1. The molecule has 2 saturated heterocycles. The van der Waals surface area contributed by atoms with Gasteiger partial charge < -0.3 is 5.32 Å². The summed E-state index contributed by atoms with van der Waals surface area (Å²) in [5.74, 6) is 0.720. The average molecular weight is 418 g/mol. The van der Waals surface area contributed by atoms with E-state index in [4.69, 9.17) is 0 Å². The Morgan fingerprint density at radius 2 is 2.21 bits per heavy atom. The van der Waals surface area contributed by atoms with Crippen molar-refractivity contribution in [3.63, 3.8) is 0 Å². The van der Waals surface area contributed by atoms with Crippen LogP contribution in [0.2, 0.25) is 0 Å². The molecule has 9 heteroatoms. The first-order valence-electron chi connectivity index (χ1n) is 9.38. The maximum Gasteiger partial charge on any atom is 0.278 e. The van der Waals surface area contributed by atoms with Crippen LogP contribution in [0.25, 0.3) is 0 Å². The molecule has 0 saturated carbocycles. The van der Waals surface area contributed by atoms with Crippen LogP contribution in [0.15, 0.2) is 40.7 Å². The predicted octanol–water partition coefficient (Wildman–Crippen LogP) is 3.11. The van der Waals surface area contributed by atoms with Crippen LogP contribution in [0.5, 0.6) is 0 Å². The second-order valence-corrected chi connectivity index (χ2v) is 10.3. The molecule has 7 nitrogen and oxygen atoms in total. The second-order valence-electron chi connectivity index (χ2n) is 7.65. The van der Waals surface area contributed by atoms with E-state index in [1.54, 1.807) is 23.7 Å². The Balaban J connectivity index is 1.48. The SMILES string of the molecule is CC1CN2CCCC2(CNc2ccc(S(=O)(=O)N(C#N)c3nccs3)cc2)C1. The molecule has 1 N–H and O–H groups in total. The van der Waals surface area contributed by atoms with Gasteiger partial charge in [0.15, 0.2) is 0 Å². The Kier molecular flexibility index (Phi) is 5.04. The number of nitrogens with zero attached hydrogens (tertiary/aromatic N) is 4. The number of rotatable bonds is 6. The fourth-order valence-corrected chi connectivity index (χ4v) is 6.48. The third-order valence-corrected chi connectivity index (χ3v) is 8.17. The van der Waals surface area contributed by atoms with E-state index in [-0.39, 0.29) is 15.6 Å². The van der Waals surface area contributed by atoms with Gasteiger partial charge in [0.1, 0.15) is 0 Å². The van der Waals surface area contributed by atoms with E-state index in [2.05, 4.69) is 22.1 Å². The Labute approximate surface area is 169 Å². The molecule has 0 amide bonds. The summed E-state index contributed by atoms with van der Waals surface area (Å²) in [6, 6.07) is 6.60. The summed E-state index contributed by atoms with van der Waals surface area (Å²) < 4.78 is 26.2. The van der Waals surface area contributed by atoms with E-state index in [0.29, 0.717) is 4.31 Å². The molecule has 2 unspecified atom stereocenters. The highest BCUT2D eigenvalue weighted by atomic mass is 32.2. The fourth-order valence-electron chi connectivity index (χ4n) is 4.50. The highest BCUT2D eigenvalue weighted by Gasteiger charge is 2.46. The lowest BCUT2D eigenvalue weighted by Crippen LogP contribution is -2.44. The molecule has 3 heterocycles. The number of aromatic nitrogens is 1. The third kappa shape index (κ3) is 3.36. The maximum atomic E-state index is 12.8. The van der Waals surface area contributed by atoms with Crippen LogP contribution >= 0.6 is 11.3 Å². The lowest BCUT2D eigenvalue weighted by atomic mass is 9.90. The van der Waals surface area contributed by atoms with Gasteiger partial charge in [0, 0.05) is 35.9 Å². The van der Waals surface area contributed by atoms with Gasteiger partial charge in [-0.05, 0) is 56.0 Å². The zero-order chi connectivity index (χ0) is 19.8. The smallest absolute Gasteiger partial charge is 0.278 e. The lowest BCUT2D eigenvalue weighted by molar-refractivity contribution is 0.209. The molecule has 2 atom stereocenters. The van der Waals surface area contributed by atoms with Gasteiger partial charge in [-0.1, -0.05) is 6.92 Å². The number of hydrogen-bond donors (Lipinski definition) is 1. The number of nitriles is 1. The monoisotopic (exact) mass is 417 g/mol. The van der Waals surface area contributed by atoms with Gasteiger partial charge in [-0.15, -0.1) is 15.6 Å². The maximum absolute atomic E-state index is 12.8. The van der Waals surface area contributed by atoms with Crippen molar-refractivity contribution in [2.75, 3.05) is 29.3 Å². The van der Waals surface area contributed by atoms with Crippen LogP contribution < -0.4 is 9.62 Å². The standard InChI is InChI=1S/C19H23N5O2S2/c1-15-11-19(7-2-9-23(19)12-15)13-22-16-3-5-17(6-4-16)28(25,26)24(14-20)18-21-8-10-27-18/h3-6,8,10,15,22H,2,7,9,11-13H2,1H3. The van der Waals surface area contributed by atoms with Crippen molar-refractivity contribution in [2.45, 2.75) is 36.6 Å². The topological polar surface area (TPSA) is 89.3 Å². The van der Waals surface area contributed by atoms with Gasteiger partial charge in [0.25, 0.3) is 10.0 Å². The van der Waals surface area contributed by atoms with Crippen LogP contribution in [0.4, 0.5) is 10.8 Å². The Bertz CT molecular complexity index is 969. The van der Waals surface area contributed by atoms with Gasteiger partial charge in [-0.3, -0.25) is 4.90 Å². The van der Waals surface area contributed by atoms with E-state index in [0.717, 1.165) is 29.5 Å². The number of sulfonamides is 1. The molecular formula is C19H23N5O2S2. The summed E-state index contributed by atoms with van der Waals surface area (Å²) in [5, 5.41) is 14.6. The van der Waals surface area contributed by atoms with E-state index in [1.165, 1.54) is 50.7 Å². The van der Waals surface area contributed by atoms with Gasteiger partial charge in [-0.25, -0.2) is 4.98 Å². The molecule has 0 aliphatic carbocycles. The van der Waals surface area contributed by atoms with Crippen LogP contribution in [0.1, 0.15) is 26.2 Å². The number of hydrogen-bond acceptors (Lipinski definition) is 7. The average Bonchev–Trinajstić information content (AvgIpc) is 3.37. The summed E-state index contributed by atoms with van der Waals surface area (Å²) in [6.45, 7) is 5.51. The summed E-state index contributed by atoms with van der Waals surface area (Å²) in [7, 11) is -3.96. The molecule has 148 valence electrons. The van der Waals surface area contributed by atoms with Crippen molar-refractivity contribution < 1.29 is 8.42 Å². The zero-order valence-corrected chi connectivity index (χ0v) is 17.3. The fraction of sp³-hybridized carbons (Fsp3) is 0.474. The zero-order valence-electron chi connectivity index (χ0n) is 15.7. The number of fused-ring (bicyclic) bond motifs is 1. The van der Waals surface area contributed by atoms with Crippen molar-refractivity contribution >= 4 is 32.2 Å². The van der Waals surface area contributed by atoms with Crippen LogP contribution in [-0.4, -0.2) is 43.5 Å². The first-order valence-corrected chi connectivity index (χ1v) is 11.7. The van der Waals surface area contributed by atoms with Gasteiger partial charge in [0.05, 0.1) is 4.90 Å². The van der Waals surface area contributed by atoms with Crippen molar-refractivity contribution in [2.24, 2.45) is 5.92 Å². The van der Waals surface area contributed by atoms with Crippen molar-refractivity contribution in [3.05, 3.63) is 35.8 Å². The molecule has 0 spiro atoms. The van der Waals surface area contributed by atoms with Crippen LogP contribution in [0.3, 0.4) is 0 Å². The normalized spacial score (nSPS) is 24.6. The molecular weight excluding hydrogens is 394 g/mol. The van der Waals surface area contributed by atoms with Gasteiger partial charge in [-0.2, -0.15) is 13.7 Å². The summed E-state index contributed by atoms with van der Waals surface area (Å²) in [6.07, 6.45) is 6.85. The van der Waals surface area contributed by atoms with E-state index < -0.39 is 10.0 Å². The molecule has 28 heavy (non-hydrogen) atoms. The van der Waals surface area contributed by atoms with Crippen molar-refractivity contribution in [3.8, 4) is 6.19 Å². The predicted molar refractivity (Wildman–Crippen MR) is 110 cm³/mol. The third-order valence-electron chi connectivity index (χ3n) is 5.70. The molecule has 1 aromatic carbocycles. The highest BCUT2D eigenvalue weighted by Crippen LogP contribution is 2.41. The van der Waals surface area contributed by atoms with Gasteiger partial charge >= 0.3 is 0 Å². The molecule has 2 aliphatic rings. The summed E-state index contributed by atoms with van der Waals surface area (Å²) in [5.41, 5.74) is 1.12. The highest BCUT2D eigenvalue weighted by molar-refractivity contribution is 7.93. The minimum atomic E-state index is -3.96. The van der Waals surface area contributed by atoms with E-state index in [1.807, 2.05) is 0 Å². The first kappa shape index (κ1) is 19.2. The Morgan fingerprint density at radius 1 is 1.43 bits per heavy atom. The van der Waals surface area contributed by atoms with Crippen molar-refractivity contribution in [1.82, 2.24) is 9.88 Å². The molecule has 0 bridgehead atoms. The quantitative estimate of drug-likeness (QED) is 0.574. The van der Waals surface area contributed by atoms with Gasteiger partial charge in [0.2, 0.25) is 11.3 Å².